The number of halogens is 2. The predicted molar refractivity (Wildman–Crippen MR) is 91.4 cm³/mol. The molecule has 0 spiro atoms. The van der Waals surface area contributed by atoms with Crippen molar-refractivity contribution in [3.8, 4) is 5.75 Å². The second-order valence-electron chi connectivity index (χ2n) is 5.33. The molecular formula is C16H16ClFN2O4S. The Morgan fingerprint density at radius 3 is 2.36 bits per heavy atom. The lowest BCUT2D eigenvalue weighted by atomic mass is 10.2. The van der Waals surface area contributed by atoms with Crippen molar-refractivity contribution in [1.82, 2.24) is 10.3 Å². The number of carbonyl (C=O) groups is 1. The maximum absolute atomic E-state index is 13.7. The number of nitrogens with one attached hydrogen (secondary N) is 2. The van der Waals surface area contributed by atoms with Gasteiger partial charge in [-0.15, -0.1) is 4.83 Å². The highest BCUT2D eigenvalue weighted by Crippen LogP contribution is 2.18. The molecule has 0 bridgehead atoms. The van der Waals surface area contributed by atoms with Crippen LogP contribution in [0.3, 0.4) is 0 Å². The Balaban J connectivity index is 2.05. The molecule has 9 heteroatoms. The summed E-state index contributed by atoms with van der Waals surface area (Å²) >= 11 is 5.58. The van der Waals surface area contributed by atoms with Gasteiger partial charge in [0, 0.05) is 10.6 Å². The molecule has 2 rings (SSSR count). The van der Waals surface area contributed by atoms with Crippen LogP contribution in [-0.2, 0) is 10.0 Å². The molecule has 1 amide bonds. The summed E-state index contributed by atoms with van der Waals surface area (Å²) in [7, 11) is -4.28. The van der Waals surface area contributed by atoms with Crippen molar-refractivity contribution in [2.75, 3.05) is 0 Å². The summed E-state index contributed by atoms with van der Waals surface area (Å²) in [4.78, 5) is 13.2. The number of hydrogen-bond acceptors (Lipinski definition) is 4. The van der Waals surface area contributed by atoms with Crippen molar-refractivity contribution in [3.63, 3.8) is 0 Å². The first-order valence-electron chi connectivity index (χ1n) is 7.23. The molecule has 25 heavy (non-hydrogen) atoms. The summed E-state index contributed by atoms with van der Waals surface area (Å²) in [6.45, 7) is 3.73. The van der Waals surface area contributed by atoms with Gasteiger partial charge in [-0.2, -0.15) is 0 Å². The van der Waals surface area contributed by atoms with Crippen molar-refractivity contribution in [1.29, 1.82) is 0 Å². The number of carbonyl (C=O) groups excluding carboxylic acids is 1. The first kappa shape index (κ1) is 19.2. The number of hydrogen-bond donors (Lipinski definition) is 2. The minimum Gasteiger partial charge on any atom is -0.491 e. The molecule has 134 valence electrons. The molecule has 0 saturated carbocycles. The smallest absolute Gasteiger partial charge is 0.266 e. The highest BCUT2D eigenvalue weighted by Gasteiger charge is 2.20. The standard InChI is InChI=1S/C16H16ClFN2O4S/c1-10(2)24-13-6-3-11(4-7-13)16(21)19-20-25(22,23)15-8-5-12(17)9-14(15)18/h3-10,20H,1-2H3,(H,19,21). The zero-order valence-electron chi connectivity index (χ0n) is 13.4. The lowest BCUT2D eigenvalue weighted by Gasteiger charge is -2.11. The lowest BCUT2D eigenvalue weighted by molar-refractivity contribution is 0.0945. The van der Waals surface area contributed by atoms with Crippen LogP contribution in [0.1, 0.15) is 24.2 Å². The van der Waals surface area contributed by atoms with E-state index in [2.05, 4.69) is 0 Å². The van der Waals surface area contributed by atoms with E-state index in [0.717, 1.165) is 12.1 Å². The average Bonchev–Trinajstić information content (AvgIpc) is 2.52. The van der Waals surface area contributed by atoms with E-state index < -0.39 is 26.6 Å². The number of ether oxygens (including phenoxy) is 1. The van der Waals surface area contributed by atoms with E-state index in [1.807, 2.05) is 24.1 Å². The van der Waals surface area contributed by atoms with Crippen LogP contribution in [0.2, 0.25) is 5.02 Å². The highest BCUT2D eigenvalue weighted by atomic mass is 35.5. The van der Waals surface area contributed by atoms with Gasteiger partial charge in [0.25, 0.3) is 15.9 Å². The summed E-state index contributed by atoms with van der Waals surface area (Å²) in [5.74, 6) is -1.14. The fourth-order valence-electron chi connectivity index (χ4n) is 1.89. The Morgan fingerprint density at radius 2 is 1.80 bits per heavy atom. The summed E-state index contributed by atoms with van der Waals surface area (Å²) in [6.07, 6.45) is -0.0132. The van der Waals surface area contributed by atoms with Crippen molar-refractivity contribution < 1.29 is 22.3 Å². The van der Waals surface area contributed by atoms with Crippen molar-refractivity contribution in [2.24, 2.45) is 0 Å². The van der Waals surface area contributed by atoms with E-state index >= 15 is 0 Å². The molecule has 0 aliphatic heterocycles. The molecule has 0 radical (unpaired) electrons. The summed E-state index contributed by atoms with van der Waals surface area (Å²) in [6, 6.07) is 9.23. The molecule has 0 heterocycles. The Morgan fingerprint density at radius 1 is 1.16 bits per heavy atom. The minimum absolute atomic E-state index is 0.0132. The molecule has 0 aliphatic rings. The van der Waals surface area contributed by atoms with Gasteiger partial charge >= 0.3 is 0 Å². The maximum Gasteiger partial charge on any atom is 0.266 e. The molecule has 0 atom stereocenters. The zero-order chi connectivity index (χ0) is 18.6. The number of benzene rings is 2. The highest BCUT2D eigenvalue weighted by molar-refractivity contribution is 7.89. The fourth-order valence-corrected chi connectivity index (χ4v) is 2.95. The van der Waals surface area contributed by atoms with Gasteiger partial charge in [0.05, 0.1) is 6.10 Å². The van der Waals surface area contributed by atoms with Gasteiger partial charge in [-0.3, -0.25) is 10.2 Å². The van der Waals surface area contributed by atoms with Crippen molar-refractivity contribution in [2.45, 2.75) is 24.8 Å². The quantitative estimate of drug-likeness (QED) is 0.747. The molecule has 0 saturated heterocycles. The molecule has 0 unspecified atom stereocenters. The van der Waals surface area contributed by atoms with Crippen LogP contribution in [0.15, 0.2) is 47.4 Å². The molecular weight excluding hydrogens is 371 g/mol. The van der Waals surface area contributed by atoms with Crippen LogP contribution in [0.25, 0.3) is 0 Å². The largest absolute Gasteiger partial charge is 0.491 e. The monoisotopic (exact) mass is 386 g/mol. The van der Waals surface area contributed by atoms with Gasteiger partial charge in [0.1, 0.15) is 16.5 Å². The molecule has 0 aliphatic carbocycles. The average molecular weight is 387 g/mol. The third kappa shape index (κ3) is 5.15. The predicted octanol–water partition coefficient (Wildman–Crippen LogP) is 2.89. The Kier molecular flexibility index (Phi) is 5.99. The third-order valence-corrected chi connectivity index (χ3v) is 4.49. The molecule has 6 nitrogen and oxygen atoms in total. The molecule has 2 aromatic rings. The second-order valence-corrected chi connectivity index (χ2v) is 7.41. The first-order valence-corrected chi connectivity index (χ1v) is 9.09. The Labute approximate surface area is 150 Å². The van der Waals surface area contributed by atoms with Gasteiger partial charge in [0.2, 0.25) is 0 Å². The van der Waals surface area contributed by atoms with Crippen LogP contribution < -0.4 is 15.0 Å². The van der Waals surface area contributed by atoms with E-state index in [4.69, 9.17) is 16.3 Å². The SMILES string of the molecule is CC(C)Oc1ccc(C(=O)NNS(=O)(=O)c2ccc(Cl)cc2F)cc1. The molecule has 2 aromatic carbocycles. The second kappa shape index (κ2) is 7.81. The van der Waals surface area contributed by atoms with Gasteiger partial charge in [-0.1, -0.05) is 11.6 Å². The van der Waals surface area contributed by atoms with Crippen molar-refractivity contribution >= 4 is 27.5 Å². The summed E-state index contributed by atoms with van der Waals surface area (Å²) in [5.41, 5.74) is 2.23. The number of amides is 1. The Bertz CT molecular complexity index is 870. The van der Waals surface area contributed by atoms with Gasteiger partial charge < -0.3 is 4.74 Å². The van der Waals surface area contributed by atoms with E-state index in [0.29, 0.717) is 5.75 Å². The third-order valence-electron chi connectivity index (χ3n) is 2.97. The number of sulfonamides is 1. The van der Waals surface area contributed by atoms with Gasteiger partial charge in [0.15, 0.2) is 0 Å². The van der Waals surface area contributed by atoms with Crippen LogP contribution in [-0.4, -0.2) is 20.4 Å². The summed E-state index contributed by atoms with van der Waals surface area (Å²) < 4.78 is 43.3. The van der Waals surface area contributed by atoms with Crippen LogP contribution in [0.5, 0.6) is 5.75 Å². The summed E-state index contributed by atoms with van der Waals surface area (Å²) in [5, 5.41) is 0.0594. The molecule has 0 fully saturated rings. The maximum atomic E-state index is 13.7. The number of rotatable bonds is 6. The van der Waals surface area contributed by atoms with Gasteiger partial charge in [-0.05, 0) is 56.3 Å². The fraction of sp³-hybridized carbons (Fsp3) is 0.188. The van der Waals surface area contributed by atoms with Crippen LogP contribution in [0, 0.1) is 5.82 Å². The van der Waals surface area contributed by atoms with E-state index in [1.165, 1.54) is 18.2 Å². The van der Waals surface area contributed by atoms with Crippen molar-refractivity contribution in [3.05, 3.63) is 58.9 Å². The van der Waals surface area contributed by atoms with Crippen LogP contribution in [0.4, 0.5) is 4.39 Å². The molecule has 0 aromatic heterocycles. The zero-order valence-corrected chi connectivity index (χ0v) is 15.0. The van der Waals surface area contributed by atoms with E-state index in [-0.39, 0.29) is 16.7 Å². The van der Waals surface area contributed by atoms with E-state index in [9.17, 15) is 17.6 Å². The number of hydrazine groups is 1. The normalized spacial score (nSPS) is 11.4. The van der Waals surface area contributed by atoms with Gasteiger partial charge in [-0.25, -0.2) is 12.8 Å². The minimum atomic E-state index is -4.28. The molecule has 2 N–H and O–H groups in total. The van der Waals surface area contributed by atoms with E-state index in [1.54, 1.807) is 12.1 Å². The van der Waals surface area contributed by atoms with Crippen LogP contribution >= 0.6 is 11.6 Å². The lowest BCUT2D eigenvalue weighted by Crippen LogP contribution is -2.41. The topological polar surface area (TPSA) is 84.5 Å². The Hall–Kier alpha value is -2.16. The first-order chi connectivity index (χ1) is 11.7.